The van der Waals surface area contributed by atoms with Crippen molar-refractivity contribution in [3.05, 3.63) is 83.0 Å². The molecule has 0 saturated heterocycles. The molecule has 2 aromatic carbocycles. The number of fused-ring (bicyclic) bond motifs is 2. The van der Waals surface area contributed by atoms with Gasteiger partial charge in [-0.05, 0) is 30.4 Å². The minimum atomic E-state index is 0.845. The smallest absolute Gasteiger partial charge is 0.374 e. The Bertz CT molecular complexity index is 1340. The van der Waals surface area contributed by atoms with Gasteiger partial charge in [-0.15, -0.1) is 0 Å². The van der Waals surface area contributed by atoms with Crippen molar-refractivity contribution in [3.63, 3.8) is 0 Å². The predicted octanol–water partition coefficient (Wildman–Crippen LogP) is 5.95. The maximum absolute atomic E-state index is 6.21. The minimum Gasteiger partial charge on any atom is -0.439 e. The van der Waals surface area contributed by atoms with E-state index in [0.717, 1.165) is 86.8 Å². The number of allylic oxidation sites excluding steroid dienone is 4. The van der Waals surface area contributed by atoms with Crippen molar-refractivity contribution < 1.29 is 22.7 Å². The molecule has 7 heteroatoms. The summed E-state index contributed by atoms with van der Waals surface area (Å²) in [7, 11) is 13.4. The van der Waals surface area contributed by atoms with Crippen LogP contribution in [0.1, 0.15) is 18.7 Å². The number of hydrogen-bond acceptors (Lipinski definition) is 3. The predicted molar refractivity (Wildman–Crippen MR) is 160 cm³/mol. The molecule has 202 valence electrons. The van der Waals surface area contributed by atoms with Gasteiger partial charge in [-0.1, -0.05) is 40.2 Å². The van der Waals surface area contributed by atoms with Gasteiger partial charge in [0.25, 0.3) is 5.52 Å². The van der Waals surface area contributed by atoms with Gasteiger partial charge >= 0.3 is 5.89 Å². The first-order valence-corrected chi connectivity index (χ1v) is 14.1. The molecule has 0 saturated carbocycles. The van der Waals surface area contributed by atoms with E-state index in [1.54, 1.807) is 0 Å². The van der Waals surface area contributed by atoms with Gasteiger partial charge in [-0.3, -0.25) is 0 Å². The van der Waals surface area contributed by atoms with E-state index in [1.807, 2.05) is 48.6 Å². The summed E-state index contributed by atoms with van der Waals surface area (Å²) < 4.78 is 17.5. The lowest BCUT2D eigenvalue weighted by atomic mass is 10.2. The first kappa shape index (κ1) is 28.1. The van der Waals surface area contributed by atoms with Gasteiger partial charge in [0.1, 0.15) is 0 Å². The molecule has 0 atom stereocenters. The Hall–Kier alpha value is -2.87. The average Bonchev–Trinajstić information content (AvgIpc) is 3.38. The summed E-state index contributed by atoms with van der Waals surface area (Å²) in [6.07, 6.45) is 10.3. The van der Waals surface area contributed by atoms with E-state index in [-0.39, 0.29) is 0 Å². The van der Waals surface area contributed by atoms with Gasteiger partial charge in [0.15, 0.2) is 12.3 Å². The van der Waals surface area contributed by atoms with Crippen LogP contribution in [0, 0.1) is 0 Å². The van der Waals surface area contributed by atoms with Gasteiger partial charge in [-0.2, -0.15) is 4.57 Å². The average molecular weight is 583 g/mol. The second kappa shape index (κ2) is 11.9. The number of halogens is 1. The third-order valence-corrected chi connectivity index (χ3v) is 6.99. The molecular weight excluding hydrogens is 540 g/mol. The van der Waals surface area contributed by atoms with Gasteiger partial charge in [0.2, 0.25) is 11.5 Å². The number of hydrogen-bond donors (Lipinski definition) is 0. The quantitative estimate of drug-likeness (QED) is 0.159. The Morgan fingerprint density at radius 1 is 0.921 bits per heavy atom. The Labute approximate surface area is 236 Å². The summed E-state index contributed by atoms with van der Waals surface area (Å²) in [6.45, 7) is 4.01. The number of quaternary nitrogens is 2. The van der Waals surface area contributed by atoms with E-state index >= 15 is 0 Å². The zero-order valence-electron chi connectivity index (χ0n) is 23.7. The molecule has 0 N–H and O–H groups in total. The van der Waals surface area contributed by atoms with Crippen LogP contribution in [0.25, 0.3) is 17.2 Å². The van der Waals surface area contributed by atoms with Crippen molar-refractivity contribution in [2.75, 3.05) is 66.8 Å². The van der Waals surface area contributed by atoms with Crippen molar-refractivity contribution in [1.82, 2.24) is 0 Å². The molecule has 0 unspecified atom stereocenters. The zero-order chi connectivity index (χ0) is 27.3. The number of ether oxygens (including phenoxy) is 1. The van der Waals surface area contributed by atoms with Gasteiger partial charge in [0, 0.05) is 29.6 Å². The second-order valence-electron chi connectivity index (χ2n) is 11.9. The van der Waals surface area contributed by atoms with E-state index in [0.29, 0.717) is 0 Å². The van der Waals surface area contributed by atoms with E-state index in [2.05, 4.69) is 91.9 Å². The number of anilines is 1. The van der Waals surface area contributed by atoms with Crippen molar-refractivity contribution >= 4 is 38.8 Å². The first-order chi connectivity index (χ1) is 18.0. The molecule has 6 nitrogen and oxygen atoms in total. The summed E-state index contributed by atoms with van der Waals surface area (Å²) in [5, 5.41) is 0. The number of para-hydroxylation sites is 4. The maximum Gasteiger partial charge on any atom is 0.374 e. The molecule has 0 radical (unpaired) electrons. The number of nitrogens with zero attached hydrogens (tertiary/aromatic N) is 4. The molecule has 38 heavy (non-hydrogen) atoms. The summed E-state index contributed by atoms with van der Waals surface area (Å²) in [4.78, 5) is 2.27. The SMILES string of the molecule is C[N+](C)(C)CCCN1/C(=C/C=C(Br)/C=C/c2oc3ccccc3[n+]2CCC[N+](C)(C)C)Oc2ccccc21. The summed E-state index contributed by atoms with van der Waals surface area (Å²) in [5.74, 6) is 2.59. The fraction of sp³-hybridized carbons (Fsp3) is 0.387. The lowest BCUT2D eigenvalue weighted by Crippen LogP contribution is -2.40. The monoisotopic (exact) mass is 581 g/mol. The largest absolute Gasteiger partial charge is 0.439 e. The zero-order valence-corrected chi connectivity index (χ0v) is 25.2. The molecule has 4 rings (SSSR count). The Morgan fingerprint density at radius 3 is 2.37 bits per heavy atom. The van der Waals surface area contributed by atoms with Crippen LogP contribution in [0.5, 0.6) is 5.75 Å². The highest BCUT2D eigenvalue weighted by Gasteiger charge is 2.26. The topological polar surface area (TPSA) is 29.5 Å². The highest BCUT2D eigenvalue weighted by Crippen LogP contribution is 2.38. The van der Waals surface area contributed by atoms with E-state index < -0.39 is 0 Å². The second-order valence-corrected chi connectivity index (χ2v) is 12.8. The number of rotatable bonds is 11. The van der Waals surface area contributed by atoms with Gasteiger partial charge < -0.3 is 23.0 Å². The van der Waals surface area contributed by atoms with Crippen LogP contribution in [0.4, 0.5) is 5.69 Å². The van der Waals surface area contributed by atoms with Crippen molar-refractivity contribution in [3.8, 4) is 5.75 Å². The Kier molecular flexibility index (Phi) is 8.81. The molecule has 1 aromatic heterocycles. The Morgan fingerprint density at radius 2 is 1.61 bits per heavy atom. The van der Waals surface area contributed by atoms with Crippen LogP contribution in [0.3, 0.4) is 0 Å². The molecule has 0 spiro atoms. The summed E-state index contributed by atoms with van der Waals surface area (Å²) in [5.41, 5.74) is 3.15. The van der Waals surface area contributed by atoms with Crippen molar-refractivity contribution in [1.29, 1.82) is 0 Å². The molecule has 0 bridgehead atoms. The molecule has 0 amide bonds. The van der Waals surface area contributed by atoms with Crippen LogP contribution in [0.2, 0.25) is 0 Å². The van der Waals surface area contributed by atoms with Crippen LogP contribution in [-0.4, -0.2) is 70.9 Å². The molecule has 1 aliphatic rings. The van der Waals surface area contributed by atoms with Gasteiger partial charge in [-0.25, -0.2) is 0 Å². The third-order valence-electron chi connectivity index (χ3n) is 6.46. The van der Waals surface area contributed by atoms with E-state index in [1.165, 1.54) is 0 Å². The normalized spacial score (nSPS) is 15.6. The van der Waals surface area contributed by atoms with Crippen LogP contribution in [-0.2, 0) is 6.54 Å². The lowest BCUT2D eigenvalue weighted by molar-refractivity contribution is -0.873. The third kappa shape index (κ3) is 7.59. The van der Waals surface area contributed by atoms with E-state index in [9.17, 15) is 0 Å². The van der Waals surface area contributed by atoms with Crippen molar-refractivity contribution in [2.45, 2.75) is 19.4 Å². The van der Waals surface area contributed by atoms with Crippen LogP contribution >= 0.6 is 15.9 Å². The lowest BCUT2D eigenvalue weighted by Gasteiger charge is -2.25. The summed E-state index contributed by atoms with van der Waals surface area (Å²) >= 11 is 3.72. The molecule has 2 heterocycles. The van der Waals surface area contributed by atoms with Gasteiger partial charge in [0.05, 0.1) is 73.6 Å². The number of oxazole rings is 1. The molecular formula is C31H42BrN4O2+3. The standard InChI is InChI=1S/C31H42BrN4O2/c1-35(2,3)23-11-21-33-26-13-7-9-15-28(26)37-30(33)19-17-25(32)18-20-31-34(22-12-24-36(4,5)6)27-14-8-10-16-29(27)38-31/h7-10,13-20H,11-12,21-24H2,1-6H3/q+3. The minimum absolute atomic E-state index is 0.845. The first-order valence-electron chi connectivity index (χ1n) is 13.3. The number of benzene rings is 2. The highest BCUT2D eigenvalue weighted by atomic mass is 79.9. The fourth-order valence-corrected chi connectivity index (χ4v) is 4.84. The Balaban J connectivity index is 1.52. The summed E-state index contributed by atoms with van der Waals surface area (Å²) in [6, 6.07) is 16.5. The van der Waals surface area contributed by atoms with Crippen LogP contribution < -0.4 is 14.2 Å². The van der Waals surface area contributed by atoms with Crippen molar-refractivity contribution in [2.24, 2.45) is 0 Å². The molecule has 3 aromatic rings. The number of aryl methyl sites for hydroxylation is 1. The number of aromatic nitrogens is 1. The molecule has 1 aliphatic heterocycles. The van der Waals surface area contributed by atoms with Crippen LogP contribution in [0.15, 0.2) is 81.5 Å². The molecule has 0 fully saturated rings. The van der Waals surface area contributed by atoms with E-state index in [4.69, 9.17) is 9.15 Å². The fourth-order valence-electron chi connectivity index (χ4n) is 4.58. The highest BCUT2D eigenvalue weighted by molar-refractivity contribution is 9.11. The maximum atomic E-state index is 6.21. The molecule has 0 aliphatic carbocycles.